The number of benzene rings is 6. The van der Waals surface area contributed by atoms with E-state index in [-0.39, 0.29) is 11.0 Å². The molecule has 0 amide bonds. The lowest BCUT2D eigenvalue weighted by Gasteiger charge is -2.21. The van der Waals surface area contributed by atoms with Gasteiger partial charge in [-0.1, -0.05) is 105 Å². The molecule has 0 saturated heterocycles. The van der Waals surface area contributed by atoms with Gasteiger partial charge >= 0.3 is 0 Å². The third-order valence-corrected chi connectivity index (χ3v) is 9.53. The standard InChI is InChI=1S/C41H29N3O/c1-41(2)34-20-9-6-17-29(34)32-24-33-30-18-8-11-22-37(30)43(38(33)25-35(32)41)27-15-12-16-28(23-27)44-39(26-13-4-3-5-14-26)42-36-21-10-7-19-31(36)40(44)45/h3-25H,1-2H3. The zero-order valence-electron chi connectivity index (χ0n) is 25.0. The summed E-state index contributed by atoms with van der Waals surface area (Å²) in [5.41, 5.74) is 10.7. The monoisotopic (exact) mass is 579 g/mol. The van der Waals surface area contributed by atoms with Gasteiger partial charge in [-0.2, -0.15) is 0 Å². The lowest BCUT2D eigenvalue weighted by atomic mass is 9.82. The Kier molecular flexibility index (Phi) is 5.36. The van der Waals surface area contributed by atoms with Crippen LogP contribution in [0.2, 0.25) is 0 Å². The van der Waals surface area contributed by atoms with Crippen molar-refractivity contribution in [2.45, 2.75) is 19.3 Å². The second kappa shape index (κ2) is 9.38. The van der Waals surface area contributed by atoms with Gasteiger partial charge in [-0.15, -0.1) is 0 Å². The highest BCUT2D eigenvalue weighted by molar-refractivity contribution is 6.11. The van der Waals surface area contributed by atoms with Crippen LogP contribution < -0.4 is 5.56 Å². The minimum Gasteiger partial charge on any atom is -0.309 e. The molecule has 9 rings (SSSR count). The molecule has 4 nitrogen and oxygen atoms in total. The van der Waals surface area contributed by atoms with E-state index in [0.717, 1.165) is 28.0 Å². The predicted molar refractivity (Wildman–Crippen MR) is 185 cm³/mol. The normalized spacial score (nSPS) is 13.4. The summed E-state index contributed by atoms with van der Waals surface area (Å²) in [5, 5.41) is 3.02. The Hall–Kier alpha value is -5.74. The average Bonchev–Trinajstić information content (AvgIpc) is 3.52. The number of nitrogens with zero attached hydrogens (tertiary/aromatic N) is 3. The molecule has 1 aliphatic carbocycles. The van der Waals surface area contributed by atoms with Crippen LogP contribution in [0.5, 0.6) is 0 Å². The van der Waals surface area contributed by atoms with Crippen molar-refractivity contribution in [3.05, 3.63) is 161 Å². The van der Waals surface area contributed by atoms with Crippen LogP contribution in [0.15, 0.2) is 144 Å². The van der Waals surface area contributed by atoms with Crippen molar-refractivity contribution in [3.8, 4) is 33.9 Å². The van der Waals surface area contributed by atoms with E-state index in [0.29, 0.717) is 16.7 Å². The molecule has 2 heterocycles. The molecule has 0 aliphatic heterocycles. The molecule has 8 aromatic rings. The first-order valence-electron chi connectivity index (χ1n) is 15.4. The molecule has 45 heavy (non-hydrogen) atoms. The largest absolute Gasteiger partial charge is 0.309 e. The van der Waals surface area contributed by atoms with E-state index in [2.05, 4.69) is 91.2 Å². The third-order valence-electron chi connectivity index (χ3n) is 9.53. The van der Waals surface area contributed by atoms with Gasteiger partial charge < -0.3 is 4.57 Å². The van der Waals surface area contributed by atoms with Gasteiger partial charge in [0.05, 0.1) is 27.6 Å². The summed E-state index contributed by atoms with van der Waals surface area (Å²) in [6, 6.07) is 48.0. The third kappa shape index (κ3) is 3.66. The lowest BCUT2D eigenvalue weighted by Crippen LogP contribution is -2.22. The average molecular weight is 580 g/mol. The molecule has 0 radical (unpaired) electrons. The van der Waals surface area contributed by atoms with Gasteiger partial charge in [-0.05, 0) is 70.8 Å². The first kappa shape index (κ1) is 25.7. The molecule has 6 aromatic carbocycles. The predicted octanol–water partition coefficient (Wildman–Crippen LogP) is 9.46. The molecule has 0 atom stereocenters. The van der Waals surface area contributed by atoms with Crippen molar-refractivity contribution in [1.82, 2.24) is 14.1 Å². The van der Waals surface area contributed by atoms with Crippen LogP contribution >= 0.6 is 0 Å². The molecule has 4 heteroatoms. The van der Waals surface area contributed by atoms with Crippen molar-refractivity contribution in [2.24, 2.45) is 0 Å². The van der Waals surface area contributed by atoms with Crippen LogP contribution in [0.25, 0.3) is 66.6 Å². The van der Waals surface area contributed by atoms with Gasteiger partial charge in [0.1, 0.15) is 5.82 Å². The van der Waals surface area contributed by atoms with E-state index < -0.39 is 0 Å². The Morgan fingerprint density at radius 3 is 2.07 bits per heavy atom. The van der Waals surface area contributed by atoms with Crippen molar-refractivity contribution in [2.75, 3.05) is 0 Å². The Morgan fingerprint density at radius 2 is 1.22 bits per heavy atom. The fourth-order valence-corrected chi connectivity index (χ4v) is 7.37. The van der Waals surface area contributed by atoms with Gasteiger partial charge in [-0.25, -0.2) is 4.98 Å². The molecule has 2 aromatic heterocycles. The minimum absolute atomic E-state index is 0.0869. The fourth-order valence-electron chi connectivity index (χ4n) is 7.37. The number of fused-ring (bicyclic) bond motifs is 7. The number of rotatable bonds is 3. The zero-order valence-corrected chi connectivity index (χ0v) is 25.0. The SMILES string of the molecule is CC1(C)c2ccccc2-c2cc3c4ccccc4n(-c4cccc(-n5c(-c6ccccc6)nc6ccccc6c5=O)c4)c3cc21. The summed E-state index contributed by atoms with van der Waals surface area (Å²) in [5.74, 6) is 0.621. The van der Waals surface area contributed by atoms with Gasteiger partial charge in [0.15, 0.2) is 0 Å². The minimum atomic E-state index is -0.113. The van der Waals surface area contributed by atoms with Gasteiger partial charge in [0.2, 0.25) is 0 Å². The van der Waals surface area contributed by atoms with Crippen LogP contribution in [0, 0.1) is 0 Å². The van der Waals surface area contributed by atoms with Gasteiger partial charge in [-0.3, -0.25) is 9.36 Å². The molecule has 0 N–H and O–H groups in total. The Bertz CT molecular complexity index is 2540. The summed E-state index contributed by atoms with van der Waals surface area (Å²) in [7, 11) is 0. The molecule has 0 unspecified atom stereocenters. The van der Waals surface area contributed by atoms with E-state index in [4.69, 9.17) is 4.98 Å². The summed E-state index contributed by atoms with van der Waals surface area (Å²) < 4.78 is 4.10. The van der Waals surface area contributed by atoms with Crippen molar-refractivity contribution < 1.29 is 0 Å². The van der Waals surface area contributed by atoms with E-state index in [9.17, 15) is 4.79 Å². The van der Waals surface area contributed by atoms with E-state index >= 15 is 0 Å². The Labute approximate surface area is 260 Å². The highest BCUT2D eigenvalue weighted by atomic mass is 16.1. The molecule has 0 saturated carbocycles. The quantitative estimate of drug-likeness (QED) is 0.209. The maximum absolute atomic E-state index is 14.2. The number of aromatic nitrogens is 3. The Morgan fingerprint density at radius 1 is 0.533 bits per heavy atom. The molecule has 214 valence electrons. The lowest BCUT2D eigenvalue weighted by molar-refractivity contribution is 0.661. The molecular weight excluding hydrogens is 550 g/mol. The first-order valence-corrected chi connectivity index (χ1v) is 15.4. The first-order chi connectivity index (χ1) is 22.0. The van der Waals surface area contributed by atoms with Crippen LogP contribution in [0.1, 0.15) is 25.0 Å². The smallest absolute Gasteiger partial charge is 0.266 e. The highest BCUT2D eigenvalue weighted by Crippen LogP contribution is 2.50. The molecule has 0 spiro atoms. The zero-order chi connectivity index (χ0) is 30.3. The van der Waals surface area contributed by atoms with Crippen molar-refractivity contribution in [3.63, 3.8) is 0 Å². The van der Waals surface area contributed by atoms with Crippen LogP contribution in [0.3, 0.4) is 0 Å². The maximum atomic E-state index is 14.2. The van der Waals surface area contributed by atoms with E-state index in [1.54, 1.807) is 4.57 Å². The van der Waals surface area contributed by atoms with E-state index in [1.807, 2.05) is 66.7 Å². The maximum Gasteiger partial charge on any atom is 0.266 e. The number of hydrogen-bond acceptors (Lipinski definition) is 2. The fraction of sp³-hybridized carbons (Fsp3) is 0.0732. The van der Waals surface area contributed by atoms with Crippen molar-refractivity contribution >= 4 is 32.7 Å². The van der Waals surface area contributed by atoms with Crippen LogP contribution in [-0.2, 0) is 5.41 Å². The summed E-state index contributed by atoms with van der Waals surface area (Å²) in [6.07, 6.45) is 0. The molecule has 0 bridgehead atoms. The summed E-state index contributed by atoms with van der Waals surface area (Å²) >= 11 is 0. The molecular formula is C41H29N3O. The van der Waals surface area contributed by atoms with Gasteiger partial charge in [0, 0.05) is 27.4 Å². The van der Waals surface area contributed by atoms with Gasteiger partial charge in [0.25, 0.3) is 5.56 Å². The Balaban J connectivity index is 1.33. The summed E-state index contributed by atoms with van der Waals surface area (Å²) in [4.78, 5) is 19.2. The topological polar surface area (TPSA) is 39.8 Å². The van der Waals surface area contributed by atoms with Crippen LogP contribution in [-0.4, -0.2) is 14.1 Å². The number of para-hydroxylation sites is 2. The number of hydrogen-bond donors (Lipinski definition) is 0. The van der Waals surface area contributed by atoms with Crippen molar-refractivity contribution in [1.29, 1.82) is 0 Å². The molecule has 1 aliphatic rings. The van der Waals surface area contributed by atoms with Crippen LogP contribution in [0.4, 0.5) is 0 Å². The highest BCUT2D eigenvalue weighted by Gasteiger charge is 2.36. The second-order valence-corrected chi connectivity index (χ2v) is 12.4. The summed E-state index contributed by atoms with van der Waals surface area (Å²) in [6.45, 7) is 4.64. The second-order valence-electron chi connectivity index (χ2n) is 12.4. The van der Waals surface area contributed by atoms with E-state index in [1.165, 1.54) is 33.0 Å². The molecule has 0 fully saturated rings.